The molecule has 2 aromatic rings. The van der Waals surface area contributed by atoms with E-state index in [1.165, 1.54) is 6.07 Å². The van der Waals surface area contributed by atoms with Crippen molar-refractivity contribution in [2.45, 2.75) is 18.9 Å². The summed E-state index contributed by atoms with van der Waals surface area (Å²) in [7, 11) is 3.19. The highest BCUT2D eigenvalue weighted by molar-refractivity contribution is 6.42. The Labute approximate surface area is 179 Å². The summed E-state index contributed by atoms with van der Waals surface area (Å²) in [5.41, 5.74) is 1.27. The first-order chi connectivity index (χ1) is 13.9. The highest BCUT2D eigenvalue weighted by atomic mass is 35.5. The van der Waals surface area contributed by atoms with E-state index in [-0.39, 0.29) is 29.4 Å². The largest absolute Gasteiger partial charge is 0.497 e. The van der Waals surface area contributed by atoms with Gasteiger partial charge in [0.25, 0.3) is 5.91 Å². The molecule has 1 saturated heterocycles. The Morgan fingerprint density at radius 3 is 2.59 bits per heavy atom. The number of halogens is 2. The van der Waals surface area contributed by atoms with Crippen molar-refractivity contribution in [3.05, 3.63) is 57.6 Å². The normalized spacial score (nSPS) is 15.9. The summed E-state index contributed by atoms with van der Waals surface area (Å²) in [5, 5.41) is 3.31. The SMILES string of the molecule is COc1ccc(C2CCCN2C(=O)CNC(=O)c2ccc(Cl)c(Cl)c2)c(OC)c1. The molecule has 2 aromatic carbocycles. The zero-order valence-corrected chi connectivity index (χ0v) is 17.7. The number of amides is 2. The Morgan fingerprint density at radius 2 is 1.90 bits per heavy atom. The first-order valence-corrected chi connectivity index (χ1v) is 9.95. The van der Waals surface area contributed by atoms with E-state index in [1.807, 2.05) is 18.2 Å². The maximum absolute atomic E-state index is 12.8. The van der Waals surface area contributed by atoms with Crippen molar-refractivity contribution in [1.82, 2.24) is 10.2 Å². The summed E-state index contributed by atoms with van der Waals surface area (Å²) in [5.74, 6) is 0.831. The molecule has 8 heteroatoms. The van der Waals surface area contributed by atoms with Gasteiger partial charge in [-0.2, -0.15) is 0 Å². The van der Waals surface area contributed by atoms with Crippen molar-refractivity contribution < 1.29 is 19.1 Å². The summed E-state index contributed by atoms with van der Waals surface area (Å²) in [4.78, 5) is 26.9. The Kier molecular flexibility index (Phi) is 6.87. The van der Waals surface area contributed by atoms with Gasteiger partial charge in [-0.3, -0.25) is 9.59 Å². The molecule has 29 heavy (non-hydrogen) atoms. The second kappa shape index (κ2) is 9.37. The van der Waals surface area contributed by atoms with Gasteiger partial charge in [0.1, 0.15) is 11.5 Å². The van der Waals surface area contributed by atoms with E-state index in [9.17, 15) is 9.59 Å². The number of nitrogens with one attached hydrogen (secondary N) is 1. The van der Waals surface area contributed by atoms with Crippen molar-refractivity contribution in [1.29, 1.82) is 0 Å². The smallest absolute Gasteiger partial charge is 0.251 e. The van der Waals surface area contributed by atoms with Gasteiger partial charge >= 0.3 is 0 Å². The summed E-state index contributed by atoms with van der Waals surface area (Å²) in [6, 6.07) is 10.1. The first-order valence-electron chi connectivity index (χ1n) is 9.19. The van der Waals surface area contributed by atoms with Gasteiger partial charge in [0, 0.05) is 23.7 Å². The monoisotopic (exact) mass is 436 g/mol. The third kappa shape index (κ3) is 4.77. The number of carbonyl (C=O) groups is 2. The molecule has 1 fully saturated rings. The summed E-state index contributed by atoms with van der Waals surface area (Å²) >= 11 is 11.8. The van der Waals surface area contributed by atoms with Crippen molar-refractivity contribution in [3.63, 3.8) is 0 Å². The van der Waals surface area contributed by atoms with Gasteiger partial charge < -0.3 is 19.7 Å². The van der Waals surface area contributed by atoms with Crippen LogP contribution < -0.4 is 14.8 Å². The lowest BCUT2D eigenvalue weighted by molar-refractivity contribution is -0.131. The number of carbonyl (C=O) groups excluding carboxylic acids is 2. The van der Waals surface area contributed by atoms with Gasteiger partial charge in [-0.1, -0.05) is 23.2 Å². The molecule has 1 N–H and O–H groups in total. The average Bonchev–Trinajstić information content (AvgIpc) is 3.22. The predicted molar refractivity (Wildman–Crippen MR) is 112 cm³/mol. The van der Waals surface area contributed by atoms with Crippen LogP contribution in [0.3, 0.4) is 0 Å². The fourth-order valence-electron chi connectivity index (χ4n) is 3.48. The van der Waals surface area contributed by atoms with Crippen LogP contribution in [0.4, 0.5) is 0 Å². The number of rotatable bonds is 6. The Morgan fingerprint density at radius 1 is 1.10 bits per heavy atom. The minimum atomic E-state index is -0.380. The number of likely N-dealkylation sites (tertiary alicyclic amines) is 1. The van der Waals surface area contributed by atoms with Crippen molar-refractivity contribution in [3.8, 4) is 11.5 Å². The molecule has 1 aliphatic rings. The van der Waals surface area contributed by atoms with E-state index in [1.54, 1.807) is 31.3 Å². The fourth-order valence-corrected chi connectivity index (χ4v) is 3.78. The second-order valence-electron chi connectivity index (χ2n) is 6.66. The van der Waals surface area contributed by atoms with Crippen LogP contribution in [-0.4, -0.2) is 44.0 Å². The number of hydrogen-bond donors (Lipinski definition) is 1. The Hall–Kier alpha value is -2.44. The van der Waals surface area contributed by atoms with Crippen molar-refractivity contribution >= 4 is 35.0 Å². The van der Waals surface area contributed by atoms with Crippen molar-refractivity contribution in [2.75, 3.05) is 27.3 Å². The van der Waals surface area contributed by atoms with Gasteiger partial charge in [0.15, 0.2) is 0 Å². The molecule has 3 rings (SSSR count). The Bertz CT molecular complexity index is 920. The zero-order valence-electron chi connectivity index (χ0n) is 16.2. The average molecular weight is 437 g/mol. The Balaban J connectivity index is 1.68. The van der Waals surface area contributed by atoms with Gasteiger partial charge in [0.05, 0.1) is 36.9 Å². The molecule has 0 radical (unpaired) electrons. The second-order valence-corrected chi connectivity index (χ2v) is 7.48. The lowest BCUT2D eigenvalue weighted by Crippen LogP contribution is -2.39. The summed E-state index contributed by atoms with van der Waals surface area (Å²) in [6.45, 7) is 0.523. The van der Waals surface area contributed by atoms with Crippen LogP contribution >= 0.6 is 23.2 Å². The lowest BCUT2D eigenvalue weighted by atomic mass is 10.0. The number of hydrogen-bond acceptors (Lipinski definition) is 4. The van der Waals surface area contributed by atoms with Crippen LogP contribution in [-0.2, 0) is 4.79 Å². The minimum absolute atomic E-state index is 0.103. The number of ether oxygens (including phenoxy) is 2. The molecular formula is C21H22Cl2N2O4. The van der Waals surface area contributed by atoms with Crippen LogP contribution in [0, 0.1) is 0 Å². The first kappa shape index (κ1) is 21.3. The lowest BCUT2D eigenvalue weighted by Gasteiger charge is -2.26. The molecule has 1 unspecified atom stereocenters. The van der Waals surface area contributed by atoms with E-state index >= 15 is 0 Å². The minimum Gasteiger partial charge on any atom is -0.497 e. The number of methoxy groups -OCH3 is 2. The number of benzene rings is 2. The van der Waals surface area contributed by atoms with Gasteiger partial charge in [-0.15, -0.1) is 0 Å². The molecule has 0 saturated carbocycles. The van der Waals surface area contributed by atoms with E-state index in [4.69, 9.17) is 32.7 Å². The van der Waals surface area contributed by atoms with E-state index in [2.05, 4.69) is 5.32 Å². The summed E-state index contributed by atoms with van der Waals surface area (Å²) in [6.07, 6.45) is 1.71. The summed E-state index contributed by atoms with van der Waals surface area (Å²) < 4.78 is 10.7. The molecule has 154 valence electrons. The third-order valence-electron chi connectivity index (χ3n) is 4.95. The van der Waals surface area contributed by atoms with Gasteiger partial charge in [0.2, 0.25) is 5.91 Å². The maximum Gasteiger partial charge on any atom is 0.251 e. The zero-order chi connectivity index (χ0) is 21.0. The fraction of sp³-hybridized carbons (Fsp3) is 0.333. The van der Waals surface area contributed by atoms with E-state index in [0.29, 0.717) is 28.6 Å². The van der Waals surface area contributed by atoms with Crippen molar-refractivity contribution in [2.24, 2.45) is 0 Å². The van der Waals surface area contributed by atoms with Gasteiger partial charge in [-0.05, 0) is 43.2 Å². The highest BCUT2D eigenvalue weighted by Gasteiger charge is 2.32. The molecule has 2 amide bonds. The molecule has 1 atom stereocenters. The molecule has 0 spiro atoms. The molecule has 0 aromatic heterocycles. The molecule has 0 aliphatic carbocycles. The molecule has 6 nitrogen and oxygen atoms in total. The van der Waals surface area contributed by atoms with Crippen LogP contribution in [0.2, 0.25) is 10.0 Å². The van der Waals surface area contributed by atoms with E-state index in [0.717, 1.165) is 18.4 Å². The van der Waals surface area contributed by atoms with E-state index < -0.39 is 0 Å². The highest BCUT2D eigenvalue weighted by Crippen LogP contribution is 2.38. The molecule has 1 heterocycles. The van der Waals surface area contributed by atoms with Crippen LogP contribution in [0.25, 0.3) is 0 Å². The third-order valence-corrected chi connectivity index (χ3v) is 5.69. The number of nitrogens with zero attached hydrogens (tertiary/aromatic N) is 1. The predicted octanol–water partition coefficient (Wildman–Crippen LogP) is 4.10. The topological polar surface area (TPSA) is 67.9 Å². The van der Waals surface area contributed by atoms with Crippen LogP contribution in [0.1, 0.15) is 34.8 Å². The molecular weight excluding hydrogens is 415 g/mol. The van der Waals surface area contributed by atoms with Crippen LogP contribution in [0.15, 0.2) is 36.4 Å². The maximum atomic E-state index is 12.8. The molecule has 0 bridgehead atoms. The van der Waals surface area contributed by atoms with Gasteiger partial charge in [-0.25, -0.2) is 0 Å². The van der Waals surface area contributed by atoms with Crippen LogP contribution in [0.5, 0.6) is 11.5 Å². The molecule has 1 aliphatic heterocycles. The standard InChI is InChI=1S/C21H22Cl2N2O4/c1-28-14-6-7-15(19(11-14)29-2)18-4-3-9-25(18)20(26)12-24-21(27)13-5-8-16(22)17(23)10-13/h5-8,10-11,18H,3-4,9,12H2,1-2H3,(H,24,27). The quantitative estimate of drug-likeness (QED) is 0.739.